The smallest absolute Gasteiger partial charge is 0.244 e. The molecule has 3 aromatic rings. The molecule has 0 fully saturated rings. The molecular formula is C20H23N5OS. The summed E-state index contributed by atoms with van der Waals surface area (Å²) in [6, 6.07) is 12.4. The van der Waals surface area contributed by atoms with Gasteiger partial charge in [0.1, 0.15) is 18.7 Å². The van der Waals surface area contributed by atoms with Gasteiger partial charge in [0.15, 0.2) is 0 Å². The average Bonchev–Trinajstić information content (AvgIpc) is 3.39. The van der Waals surface area contributed by atoms with Crippen LogP contribution >= 0.6 is 11.3 Å². The van der Waals surface area contributed by atoms with Crippen molar-refractivity contribution in [2.24, 2.45) is 0 Å². The third-order valence-electron chi connectivity index (χ3n) is 5.14. The fourth-order valence-corrected chi connectivity index (χ4v) is 4.44. The first-order valence-electron chi connectivity index (χ1n) is 9.18. The minimum atomic E-state index is -0.381. The van der Waals surface area contributed by atoms with Crippen molar-refractivity contribution < 1.29 is 4.79 Å². The first kappa shape index (κ1) is 17.9. The highest BCUT2D eigenvalue weighted by Crippen LogP contribution is 2.30. The van der Waals surface area contributed by atoms with Crippen LogP contribution < -0.4 is 5.32 Å². The third kappa shape index (κ3) is 3.94. The van der Waals surface area contributed by atoms with E-state index >= 15 is 0 Å². The Bertz CT molecular complexity index is 877. The number of carbonyl (C=O) groups is 1. The number of aromatic nitrogens is 3. The summed E-state index contributed by atoms with van der Waals surface area (Å²) < 4.78 is 1.57. The van der Waals surface area contributed by atoms with E-state index in [0.717, 1.165) is 19.5 Å². The van der Waals surface area contributed by atoms with Crippen molar-refractivity contribution in [2.45, 2.75) is 32.0 Å². The molecule has 0 saturated heterocycles. The lowest BCUT2D eigenvalue weighted by Gasteiger charge is -2.35. The summed E-state index contributed by atoms with van der Waals surface area (Å²) in [5.74, 6) is -0.0466. The molecule has 1 N–H and O–H groups in total. The largest absolute Gasteiger partial charge is 0.352 e. The van der Waals surface area contributed by atoms with Gasteiger partial charge in [-0.2, -0.15) is 5.10 Å². The van der Waals surface area contributed by atoms with Gasteiger partial charge in [-0.05, 0) is 35.9 Å². The number of hydrogen-bond donors (Lipinski definition) is 1. The maximum atomic E-state index is 12.6. The molecule has 0 unspecified atom stereocenters. The summed E-state index contributed by atoms with van der Waals surface area (Å²) >= 11 is 1.84. The summed E-state index contributed by atoms with van der Waals surface area (Å²) in [6.07, 6.45) is 4.09. The van der Waals surface area contributed by atoms with Crippen molar-refractivity contribution >= 4 is 17.2 Å². The van der Waals surface area contributed by atoms with Crippen LogP contribution in [0.2, 0.25) is 0 Å². The number of nitrogens with one attached hydrogen (secondary N) is 1. The van der Waals surface area contributed by atoms with Crippen molar-refractivity contribution in [3.05, 3.63) is 70.4 Å². The first-order valence-corrected chi connectivity index (χ1v) is 10.1. The lowest BCUT2D eigenvalue weighted by atomic mass is 10.0. The average molecular weight is 382 g/mol. The SMILES string of the molecule is C[C@H](C(=O)NC[C@@H](c1ccccc1)N1CCc2sccc2C1)n1cncn1. The molecule has 27 heavy (non-hydrogen) atoms. The van der Waals surface area contributed by atoms with Crippen LogP contribution in [-0.4, -0.2) is 38.7 Å². The standard InChI is InChI=1S/C20H23N5OS/c1-15(25-14-21-13-23-25)20(26)22-11-18(16-5-3-2-4-6-16)24-9-7-19-17(12-24)8-10-27-19/h2-6,8,10,13-15,18H,7,9,11-12H2,1H3,(H,22,26)/t15-,18+/m1/s1. The second kappa shape index (κ2) is 8.02. The minimum absolute atomic E-state index is 0.0466. The van der Waals surface area contributed by atoms with Gasteiger partial charge in [-0.25, -0.2) is 9.67 Å². The molecule has 140 valence electrons. The normalized spacial score (nSPS) is 16.5. The summed E-state index contributed by atoms with van der Waals surface area (Å²) in [7, 11) is 0. The van der Waals surface area contributed by atoms with Crippen LogP contribution in [0.25, 0.3) is 0 Å². The fourth-order valence-electron chi connectivity index (χ4n) is 3.55. The molecule has 3 heterocycles. The van der Waals surface area contributed by atoms with Crippen LogP contribution in [0.3, 0.4) is 0 Å². The Hall–Kier alpha value is -2.51. The van der Waals surface area contributed by atoms with Gasteiger partial charge in [0.05, 0.1) is 6.04 Å². The van der Waals surface area contributed by atoms with Gasteiger partial charge in [-0.1, -0.05) is 30.3 Å². The van der Waals surface area contributed by atoms with Gasteiger partial charge in [0.25, 0.3) is 0 Å². The second-order valence-corrected chi connectivity index (χ2v) is 7.81. The fraction of sp³-hybridized carbons (Fsp3) is 0.350. The minimum Gasteiger partial charge on any atom is -0.352 e. The number of hydrogen-bond acceptors (Lipinski definition) is 5. The van der Waals surface area contributed by atoms with Crippen molar-refractivity contribution in [3.63, 3.8) is 0 Å². The number of carbonyl (C=O) groups excluding carboxylic acids is 1. The summed E-state index contributed by atoms with van der Waals surface area (Å²) in [4.78, 5) is 20.5. The maximum absolute atomic E-state index is 12.6. The van der Waals surface area contributed by atoms with Gasteiger partial charge < -0.3 is 5.32 Å². The molecule has 6 nitrogen and oxygen atoms in total. The molecule has 0 bridgehead atoms. The molecule has 7 heteroatoms. The monoisotopic (exact) mass is 381 g/mol. The van der Waals surface area contributed by atoms with Crippen LogP contribution in [-0.2, 0) is 17.8 Å². The van der Waals surface area contributed by atoms with Gasteiger partial charge >= 0.3 is 0 Å². The Morgan fingerprint density at radius 1 is 1.30 bits per heavy atom. The van der Waals surface area contributed by atoms with Crippen LogP contribution in [0.5, 0.6) is 0 Å². The zero-order chi connectivity index (χ0) is 18.6. The predicted molar refractivity (Wildman–Crippen MR) is 105 cm³/mol. The quantitative estimate of drug-likeness (QED) is 0.713. The molecule has 0 aliphatic carbocycles. The number of fused-ring (bicyclic) bond motifs is 1. The topological polar surface area (TPSA) is 63.1 Å². The van der Waals surface area contributed by atoms with Crippen LogP contribution in [0, 0.1) is 0 Å². The molecule has 1 aliphatic heterocycles. The lowest BCUT2D eigenvalue weighted by Crippen LogP contribution is -2.42. The van der Waals surface area contributed by atoms with E-state index in [1.807, 2.05) is 24.3 Å². The van der Waals surface area contributed by atoms with E-state index in [0.29, 0.717) is 6.54 Å². The second-order valence-electron chi connectivity index (χ2n) is 6.81. The van der Waals surface area contributed by atoms with E-state index in [1.54, 1.807) is 11.0 Å². The van der Waals surface area contributed by atoms with Crippen molar-refractivity contribution in [2.75, 3.05) is 13.1 Å². The predicted octanol–water partition coefficient (Wildman–Crippen LogP) is 2.82. The summed E-state index contributed by atoms with van der Waals surface area (Å²) in [5, 5.41) is 9.36. The number of benzene rings is 1. The molecule has 1 aromatic carbocycles. The highest BCUT2D eigenvalue weighted by molar-refractivity contribution is 7.10. The molecule has 0 radical (unpaired) electrons. The third-order valence-corrected chi connectivity index (χ3v) is 6.17. The Morgan fingerprint density at radius 3 is 2.93 bits per heavy atom. The Kier molecular flexibility index (Phi) is 5.31. The zero-order valence-electron chi connectivity index (χ0n) is 15.3. The Morgan fingerprint density at radius 2 is 2.15 bits per heavy atom. The van der Waals surface area contributed by atoms with Crippen molar-refractivity contribution in [3.8, 4) is 0 Å². The molecule has 2 aromatic heterocycles. The zero-order valence-corrected chi connectivity index (χ0v) is 16.1. The van der Waals surface area contributed by atoms with E-state index in [1.165, 1.54) is 22.3 Å². The molecule has 0 spiro atoms. The number of rotatable bonds is 6. The van der Waals surface area contributed by atoms with Gasteiger partial charge in [0, 0.05) is 24.5 Å². The molecule has 1 aliphatic rings. The number of nitrogens with zero attached hydrogens (tertiary/aromatic N) is 4. The molecular weight excluding hydrogens is 358 g/mol. The number of thiophene rings is 1. The van der Waals surface area contributed by atoms with Crippen LogP contribution in [0.1, 0.15) is 35.0 Å². The Labute approximate surface area is 162 Å². The molecule has 0 saturated carbocycles. The van der Waals surface area contributed by atoms with Gasteiger partial charge in [0.2, 0.25) is 5.91 Å². The molecule has 1 amide bonds. The number of amides is 1. The van der Waals surface area contributed by atoms with Crippen LogP contribution in [0.4, 0.5) is 0 Å². The van der Waals surface area contributed by atoms with Crippen molar-refractivity contribution in [1.82, 2.24) is 25.0 Å². The van der Waals surface area contributed by atoms with Gasteiger partial charge in [-0.3, -0.25) is 9.69 Å². The highest BCUT2D eigenvalue weighted by Gasteiger charge is 2.26. The van der Waals surface area contributed by atoms with E-state index in [4.69, 9.17) is 0 Å². The van der Waals surface area contributed by atoms with E-state index in [2.05, 4.69) is 56.0 Å². The summed E-state index contributed by atoms with van der Waals surface area (Å²) in [5.41, 5.74) is 2.64. The van der Waals surface area contributed by atoms with E-state index < -0.39 is 0 Å². The highest BCUT2D eigenvalue weighted by atomic mass is 32.1. The van der Waals surface area contributed by atoms with Gasteiger partial charge in [-0.15, -0.1) is 11.3 Å². The molecule has 4 rings (SSSR count). The van der Waals surface area contributed by atoms with E-state index in [-0.39, 0.29) is 18.0 Å². The van der Waals surface area contributed by atoms with E-state index in [9.17, 15) is 4.79 Å². The Balaban J connectivity index is 1.48. The molecule has 2 atom stereocenters. The summed E-state index contributed by atoms with van der Waals surface area (Å²) in [6.45, 7) is 4.33. The van der Waals surface area contributed by atoms with Crippen LogP contribution in [0.15, 0.2) is 54.4 Å². The lowest BCUT2D eigenvalue weighted by molar-refractivity contribution is -0.124. The van der Waals surface area contributed by atoms with Crippen molar-refractivity contribution in [1.29, 1.82) is 0 Å². The maximum Gasteiger partial charge on any atom is 0.244 e. The first-order chi connectivity index (χ1) is 13.2.